The van der Waals surface area contributed by atoms with E-state index in [4.69, 9.17) is 5.11 Å². The van der Waals surface area contributed by atoms with Crippen molar-refractivity contribution in [1.82, 2.24) is 0 Å². The zero-order valence-electron chi connectivity index (χ0n) is 5.44. The molecule has 8 heavy (non-hydrogen) atoms. The summed E-state index contributed by atoms with van der Waals surface area (Å²) in [5.41, 5.74) is 0. The molecule has 1 atom stereocenters. The van der Waals surface area contributed by atoms with E-state index in [9.17, 15) is 0 Å². The third-order valence-electron chi connectivity index (χ3n) is 0.986. The summed E-state index contributed by atoms with van der Waals surface area (Å²) in [6.45, 7) is 3.73. The van der Waals surface area contributed by atoms with Gasteiger partial charge in [-0.25, -0.2) is 0 Å². The second-order valence-electron chi connectivity index (χ2n) is 1.69. The molecule has 0 aromatic heterocycles. The molecular formula is C7H12O. The Morgan fingerprint density at radius 3 is 2.62 bits per heavy atom. The zero-order valence-corrected chi connectivity index (χ0v) is 5.44. The monoisotopic (exact) mass is 112 g/mol. The molecule has 0 spiro atoms. The van der Waals surface area contributed by atoms with Crippen LogP contribution in [0.25, 0.3) is 0 Å². The van der Waals surface area contributed by atoms with Crippen LogP contribution in [0.15, 0.2) is 0 Å². The SMILES string of the molecule is CC#CCC(O)CC. The lowest BCUT2D eigenvalue weighted by Crippen LogP contribution is -2.01. The van der Waals surface area contributed by atoms with Crippen LogP contribution in [0.3, 0.4) is 0 Å². The van der Waals surface area contributed by atoms with Gasteiger partial charge in [0.2, 0.25) is 0 Å². The van der Waals surface area contributed by atoms with Gasteiger partial charge in [-0.05, 0) is 13.3 Å². The first kappa shape index (κ1) is 7.52. The highest BCUT2D eigenvalue weighted by molar-refractivity contribution is 4.96. The van der Waals surface area contributed by atoms with E-state index >= 15 is 0 Å². The van der Waals surface area contributed by atoms with Crippen molar-refractivity contribution in [3.63, 3.8) is 0 Å². The van der Waals surface area contributed by atoms with Gasteiger partial charge >= 0.3 is 0 Å². The maximum Gasteiger partial charge on any atom is 0.0646 e. The van der Waals surface area contributed by atoms with E-state index in [1.807, 2.05) is 6.92 Å². The first-order valence-corrected chi connectivity index (χ1v) is 2.89. The Bertz CT molecular complexity index is 96.7. The second kappa shape index (κ2) is 4.67. The van der Waals surface area contributed by atoms with Crippen molar-refractivity contribution < 1.29 is 5.11 Å². The molecule has 0 heterocycles. The van der Waals surface area contributed by atoms with Gasteiger partial charge in [0.15, 0.2) is 0 Å². The third-order valence-corrected chi connectivity index (χ3v) is 0.986. The summed E-state index contributed by atoms with van der Waals surface area (Å²) in [7, 11) is 0. The van der Waals surface area contributed by atoms with Crippen molar-refractivity contribution in [2.24, 2.45) is 0 Å². The molecule has 0 rings (SSSR count). The molecule has 0 radical (unpaired) electrons. The van der Waals surface area contributed by atoms with E-state index in [1.165, 1.54) is 0 Å². The minimum Gasteiger partial charge on any atom is -0.392 e. The molecule has 46 valence electrons. The van der Waals surface area contributed by atoms with Crippen LogP contribution in [0, 0.1) is 11.8 Å². The molecule has 0 aliphatic rings. The highest BCUT2D eigenvalue weighted by Crippen LogP contribution is 1.92. The van der Waals surface area contributed by atoms with Crippen LogP contribution in [0.5, 0.6) is 0 Å². The predicted molar refractivity (Wildman–Crippen MR) is 34.4 cm³/mol. The number of hydrogen-bond donors (Lipinski definition) is 1. The molecular weight excluding hydrogens is 100 g/mol. The summed E-state index contributed by atoms with van der Waals surface area (Å²) in [5, 5.41) is 8.89. The zero-order chi connectivity index (χ0) is 6.41. The summed E-state index contributed by atoms with van der Waals surface area (Å²) in [5.74, 6) is 5.52. The van der Waals surface area contributed by atoms with Gasteiger partial charge in [0.25, 0.3) is 0 Å². The van der Waals surface area contributed by atoms with E-state index in [2.05, 4.69) is 11.8 Å². The summed E-state index contributed by atoms with van der Waals surface area (Å²) in [4.78, 5) is 0. The molecule has 1 heteroatoms. The molecule has 1 nitrogen and oxygen atoms in total. The maximum atomic E-state index is 8.89. The van der Waals surface area contributed by atoms with Crippen molar-refractivity contribution in [2.45, 2.75) is 32.8 Å². The molecule has 0 fully saturated rings. The molecule has 0 aliphatic heterocycles. The van der Waals surface area contributed by atoms with E-state index < -0.39 is 0 Å². The van der Waals surface area contributed by atoms with Crippen molar-refractivity contribution in [3.05, 3.63) is 0 Å². The average Bonchev–Trinajstić information content (AvgIpc) is 1.83. The van der Waals surface area contributed by atoms with Gasteiger partial charge in [-0.2, -0.15) is 0 Å². The van der Waals surface area contributed by atoms with E-state index in [1.54, 1.807) is 6.92 Å². The van der Waals surface area contributed by atoms with Crippen molar-refractivity contribution in [3.8, 4) is 11.8 Å². The van der Waals surface area contributed by atoms with Gasteiger partial charge < -0.3 is 5.11 Å². The number of rotatable bonds is 2. The molecule has 0 aliphatic carbocycles. The Morgan fingerprint density at radius 1 is 1.62 bits per heavy atom. The number of aliphatic hydroxyl groups is 1. The van der Waals surface area contributed by atoms with Crippen LogP contribution >= 0.6 is 0 Å². The highest BCUT2D eigenvalue weighted by atomic mass is 16.3. The van der Waals surface area contributed by atoms with Crippen LogP contribution < -0.4 is 0 Å². The summed E-state index contributed by atoms with van der Waals surface area (Å²) >= 11 is 0. The molecule has 0 bridgehead atoms. The third kappa shape index (κ3) is 3.70. The van der Waals surface area contributed by atoms with Crippen LogP contribution in [-0.2, 0) is 0 Å². The fourth-order valence-electron chi connectivity index (χ4n) is 0.364. The summed E-state index contributed by atoms with van der Waals surface area (Å²) in [6.07, 6.45) is 1.20. The van der Waals surface area contributed by atoms with Crippen LogP contribution in [0.1, 0.15) is 26.7 Å². The van der Waals surface area contributed by atoms with Crippen LogP contribution in [0.2, 0.25) is 0 Å². The Labute approximate surface area is 50.7 Å². The summed E-state index contributed by atoms with van der Waals surface area (Å²) < 4.78 is 0. The molecule has 1 unspecified atom stereocenters. The van der Waals surface area contributed by atoms with E-state index in [-0.39, 0.29) is 6.10 Å². The van der Waals surface area contributed by atoms with Gasteiger partial charge in [-0.3, -0.25) is 0 Å². The topological polar surface area (TPSA) is 20.2 Å². The Hall–Kier alpha value is -0.480. The Kier molecular flexibility index (Phi) is 4.39. The molecule has 1 N–H and O–H groups in total. The Morgan fingerprint density at radius 2 is 2.25 bits per heavy atom. The van der Waals surface area contributed by atoms with Crippen molar-refractivity contribution >= 4 is 0 Å². The largest absolute Gasteiger partial charge is 0.392 e. The molecule has 0 aromatic rings. The average molecular weight is 112 g/mol. The summed E-state index contributed by atoms with van der Waals surface area (Å²) in [6, 6.07) is 0. The van der Waals surface area contributed by atoms with Gasteiger partial charge in [-0.1, -0.05) is 6.92 Å². The lowest BCUT2D eigenvalue weighted by molar-refractivity contribution is 0.176. The minimum absolute atomic E-state index is 0.220. The quantitative estimate of drug-likeness (QED) is 0.532. The fourth-order valence-corrected chi connectivity index (χ4v) is 0.364. The molecule has 0 amide bonds. The second-order valence-corrected chi connectivity index (χ2v) is 1.69. The van der Waals surface area contributed by atoms with Crippen LogP contribution in [0.4, 0.5) is 0 Å². The van der Waals surface area contributed by atoms with Gasteiger partial charge in [-0.15, -0.1) is 11.8 Å². The number of aliphatic hydroxyl groups excluding tert-OH is 1. The first-order chi connectivity index (χ1) is 3.81. The Balaban J connectivity index is 3.19. The molecule has 0 aromatic carbocycles. The van der Waals surface area contributed by atoms with Gasteiger partial charge in [0.05, 0.1) is 6.10 Å². The first-order valence-electron chi connectivity index (χ1n) is 2.89. The predicted octanol–water partition coefficient (Wildman–Crippen LogP) is 1.17. The van der Waals surface area contributed by atoms with Gasteiger partial charge in [0.1, 0.15) is 0 Å². The molecule has 0 saturated heterocycles. The highest BCUT2D eigenvalue weighted by Gasteiger charge is 1.93. The van der Waals surface area contributed by atoms with E-state index in [0.29, 0.717) is 6.42 Å². The lowest BCUT2D eigenvalue weighted by atomic mass is 10.2. The lowest BCUT2D eigenvalue weighted by Gasteiger charge is -1.98. The van der Waals surface area contributed by atoms with Crippen LogP contribution in [-0.4, -0.2) is 11.2 Å². The minimum atomic E-state index is -0.220. The maximum absolute atomic E-state index is 8.89. The number of hydrogen-bond acceptors (Lipinski definition) is 1. The van der Waals surface area contributed by atoms with E-state index in [0.717, 1.165) is 6.42 Å². The smallest absolute Gasteiger partial charge is 0.0646 e. The fraction of sp³-hybridized carbons (Fsp3) is 0.714. The normalized spacial score (nSPS) is 11.9. The van der Waals surface area contributed by atoms with Gasteiger partial charge in [0, 0.05) is 6.42 Å². The standard InChI is InChI=1S/C7H12O/c1-3-5-6-7(8)4-2/h7-8H,4,6H2,1-2H3. The van der Waals surface area contributed by atoms with Crippen molar-refractivity contribution in [2.75, 3.05) is 0 Å². The molecule has 0 saturated carbocycles. The van der Waals surface area contributed by atoms with Crippen molar-refractivity contribution in [1.29, 1.82) is 0 Å².